The van der Waals surface area contributed by atoms with Gasteiger partial charge in [0.25, 0.3) is 0 Å². The Bertz CT molecular complexity index is 459. The van der Waals surface area contributed by atoms with E-state index in [0.29, 0.717) is 5.02 Å². The second kappa shape index (κ2) is 4.28. The molecule has 1 heterocycles. The van der Waals surface area contributed by atoms with Crippen LogP contribution in [-0.4, -0.2) is 17.1 Å². The minimum absolute atomic E-state index is 0.662. The Morgan fingerprint density at radius 2 is 1.93 bits per heavy atom. The van der Waals surface area contributed by atoms with E-state index in [-0.39, 0.29) is 0 Å². The van der Waals surface area contributed by atoms with Crippen LogP contribution < -0.4 is 4.74 Å². The summed E-state index contributed by atoms with van der Waals surface area (Å²) in [6.45, 7) is 0. The lowest BCUT2D eigenvalue weighted by Crippen LogP contribution is -1.89. The van der Waals surface area contributed by atoms with Crippen LogP contribution in [0.2, 0.25) is 5.02 Å². The molecule has 0 unspecified atom stereocenters. The molecule has 2 aromatic rings. The van der Waals surface area contributed by atoms with Gasteiger partial charge in [-0.1, -0.05) is 11.6 Å². The first-order valence-electron chi connectivity index (χ1n) is 4.40. The van der Waals surface area contributed by atoms with Gasteiger partial charge in [0, 0.05) is 28.5 Å². The first-order chi connectivity index (χ1) is 7.31. The number of ether oxygens (including phenoxy) is 1. The van der Waals surface area contributed by atoms with E-state index in [0.717, 1.165) is 16.9 Å². The second-order valence-electron chi connectivity index (χ2n) is 2.97. The summed E-state index contributed by atoms with van der Waals surface area (Å²) in [5.74, 6) is 0.759. The fourth-order valence-corrected chi connectivity index (χ4v) is 1.52. The third kappa shape index (κ3) is 2.07. The molecule has 76 valence electrons. The molecule has 4 heteroatoms. The average Bonchev–Trinajstić information content (AvgIpc) is 2.30. The van der Waals surface area contributed by atoms with Gasteiger partial charge in [-0.05, 0) is 18.2 Å². The van der Waals surface area contributed by atoms with Crippen LogP contribution in [0.3, 0.4) is 0 Å². The highest BCUT2D eigenvalue weighted by atomic mass is 35.5. The molecule has 0 aliphatic rings. The van der Waals surface area contributed by atoms with Crippen molar-refractivity contribution in [1.82, 2.24) is 9.97 Å². The predicted molar refractivity (Wildman–Crippen MR) is 59.0 cm³/mol. The summed E-state index contributed by atoms with van der Waals surface area (Å²) in [6.07, 6.45) is 4.93. The highest BCUT2D eigenvalue weighted by Crippen LogP contribution is 2.31. The summed E-state index contributed by atoms with van der Waals surface area (Å²) in [4.78, 5) is 7.91. The van der Waals surface area contributed by atoms with Crippen molar-refractivity contribution < 1.29 is 4.74 Å². The third-order valence-electron chi connectivity index (χ3n) is 2.03. The van der Waals surface area contributed by atoms with Crippen molar-refractivity contribution in [3.05, 3.63) is 41.9 Å². The van der Waals surface area contributed by atoms with Crippen LogP contribution in [0.1, 0.15) is 0 Å². The number of methoxy groups -OCH3 is 1. The predicted octanol–water partition coefficient (Wildman–Crippen LogP) is 2.81. The molecule has 0 fully saturated rings. The van der Waals surface area contributed by atoms with Gasteiger partial charge in [-0.3, -0.25) is 0 Å². The van der Waals surface area contributed by atoms with E-state index in [9.17, 15) is 0 Å². The third-order valence-corrected chi connectivity index (χ3v) is 2.27. The number of nitrogens with zero attached hydrogens (tertiary/aromatic N) is 2. The molecule has 0 aliphatic heterocycles. The molecule has 15 heavy (non-hydrogen) atoms. The maximum absolute atomic E-state index is 5.93. The van der Waals surface area contributed by atoms with Crippen LogP contribution in [0.4, 0.5) is 0 Å². The molecule has 0 bridgehead atoms. The summed E-state index contributed by atoms with van der Waals surface area (Å²) < 4.78 is 5.24. The second-order valence-corrected chi connectivity index (χ2v) is 3.41. The Kier molecular flexibility index (Phi) is 2.83. The zero-order chi connectivity index (χ0) is 10.7. The van der Waals surface area contributed by atoms with E-state index in [1.807, 2.05) is 12.1 Å². The van der Waals surface area contributed by atoms with Gasteiger partial charge in [0.05, 0.1) is 7.11 Å². The summed E-state index contributed by atoms with van der Waals surface area (Å²) in [5.41, 5.74) is 1.78. The van der Waals surface area contributed by atoms with Crippen LogP contribution in [0, 0.1) is 0 Å². The van der Waals surface area contributed by atoms with Crippen molar-refractivity contribution in [3.63, 3.8) is 0 Å². The maximum Gasteiger partial charge on any atom is 0.126 e. The van der Waals surface area contributed by atoms with Gasteiger partial charge in [0.1, 0.15) is 12.1 Å². The monoisotopic (exact) mass is 220 g/mol. The first kappa shape index (κ1) is 9.93. The molecule has 0 aliphatic carbocycles. The molecule has 0 radical (unpaired) electrons. The normalized spacial score (nSPS) is 10.0. The van der Waals surface area contributed by atoms with Crippen molar-refractivity contribution in [2.45, 2.75) is 0 Å². The smallest absolute Gasteiger partial charge is 0.126 e. The lowest BCUT2D eigenvalue weighted by molar-refractivity contribution is 0.416. The van der Waals surface area contributed by atoms with Crippen molar-refractivity contribution in [2.75, 3.05) is 7.11 Å². The van der Waals surface area contributed by atoms with Gasteiger partial charge in [0.15, 0.2) is 0 Å². The molecular formula is C11H9ClN2O. The zero-order valence-corrected chi connectivity index (χ0v) is 8.90. The quantitative estimate of drug-likeness (QED) is 0.781. The SMILES string of the molecule is COc1ccc(Cl)cc1-c1cncnc1. The standard InChI is InChI=1S/C11H9ClN2O/c1-15-11-3-2-9(12)4-10(11)8-5-13-7-14-6-8/h2-7H,1H3. The number of benzene rings is 1. The molecule has 0 atom stereocenters. The Morgan fingerprint density at radius 1 is 1.20 bits per heavy atom. The van der Waals surface area contributed by atoms with E-state index in [1.165, 1.54) is 6.33 Å². The summed E-state index contributed by atoms with van der Waals surface area (Å²) in [7, 11) is 1.62. The molecule has 1 aromatic carbocycles. The van der Waals surface area contributed by atoms with Crippen molar-refractivity contribution >= 4 is 11.6 Å². The first-order valence-corrected chi connectivity index (χ1v) is 4.78. The largest absolute Gasteiger partial charge is 0.496 e. The number of halogens is 1. The van der Waals surface area contributed by atoms with Gasteiger partial charge >= 0.3 is 0 Å². The Morgan fingerprint density at radius 3 is 2.60 bits per heavy atom. The molecule has 2 rings (SSSR count). The molecule has 0 saturated heterocycles. The number of hydrogen-bond acceptors (Lipinski definition) is 3. The molecule has 0 amide bonds. The molecular weight excluding hydrogens is 212 g/mol. The van der Waals surface area contributed by atoms with E-state index >= 15 is 0 Å². The molecule has 0 N–H and O–H groups in total. The number of rotatable bonds is 2. The topological polar surface area (TPSA) is 35.0 Å². The van der Waals surface area contributed by atoms with Crippen LogP contribution in [-0.2, 0) is 0 Å². The van der Waals surface area contributed by atoms with Gasteiger partial charge in [0.2, 0.25) is 0 Å². The van der Waals surface area contributed by atoms with Crippen molar-refractivity contribution in [1.29, 1.82) is 0 Å². The van der Waals surface area contributed by atoms with E-state index in [4.69, 9.17) is 16.3 Å². The van der Waals surface area contributed by atoms with Crippen LogP contribution in [0.5, 0.6) is 5.75 Å². The lowest BCUT2D eigenvalue weighted by Gasteiger charge is -2.07. The Labute approximate surface area is 92.7 Å². The van der Waals surface area contributed by atoms with Crippen LogP contribution in [0.25, 0.3) is 11.1 Å². The van der Waals surface area contributed by atoms with Crippen molar-refractivity contribution in [2.24, 2.45) is 0 Å². The average molecular weight is 221 g/mol. The highest BCUT2D eigenvalue weighted by Gasteiger charge is 2.06. The van der Waals surface area contributed by atoms with Crippen molar-refractivity contribution in [3.8, 4) is 16.9 Å². The van der Waals surface area contributed by atoms with Gasteiger partial charge < -0.3 is 4.74 Å². The molecule has 0 spiro atoms. The van der Waals surface area contributed by atoms with E-state index in [2.05, 4.69) is 9.97 Å². The molecule has 3 nitrogen and oxygen atoms in total. The summed E-state index contributed by atoms with van der Waals surface area (Å²) in [5, 5.41) is 0.662. The van der Waals surface area contributed by atoms with Crippen LogP contribution >= 0.6 is 11.6 Å². The van der Waals surface area contributed by atoms with Gasteiger partial charge in [-0.15, -0.1) is 0 Å². The Hall–Kier alpha value is -1.61. The van der Waals surface area contributed by atoms with E-state index < -0.39 is 0 Å². The molecule has 1 aromatic heterocycles. The Balaban J connectivity index is 2.56. The van der Waals surface area contributed by atoms with Crippen LogP contribution in [0.15, 0.2) is 36.9 Å². The number of hydrogen-bond donors (Lipinski definition) is 0. The lowest BCUT2D eigenvalue weighted by atomic mass is 10.1. The van der Waals surface area contributed by atoms with E-state index in [1.54, 1.807) is 25.6 Å². The summed E-state index contributed by atoms with van der Waals surface area (Å²) >= 11 is 5.93. The minimum atomic E-state index is 0.662. The molecule has 0 saturated carbocycles. The number of aromatic nitrogens is 2. The minimum Gasteiger partial charge on any atom is -0.496 e. The fourth-order valence-electron chi connectivity index (χ4n) is 1.34. The highest BCUT2D eigenvalue weighted by molar-refractivity contribution is 6.31. The fraction of sp³-hybridized carbons (Fsp3) is 0.0909. The summed E-state index contributed by atoms with van der Waals surface area (Å²) in [6, 6.07) is 5.44. The maximum atomic E-state index is 5.93. The zero-order valence-electron chi connectivity index (χ0n) is 8.14. The van der Waals surface area contributed by atoms with Gasteiger partial charge in [-0.2, -0.15) is 0 Å². The van der Waals surface area contributed by atoms with Gasteiger partial charge in [-0.25, -0.2) is 9.97 Å².